The van der Waals surface area contributed by atoms with Crippen molar-refractivity contribution in [3.05, 3.63) is 87.4 Å². The summed E-state index contributed by atoms with van der Waals surface area (Å²) in [6.45, 7) is 3.67. The molecule has 3 aromatic carbocycles. The van der Waals surface area contributed by atoms with Crippen molar-refractivity contribution < 1.29 is 19.1 Å². The lowest BCUT2D eigenvalue weighted by atomic mass is 9.90. The van der Waals surface area contributed by atoms with Crippen molar-refractivity contribution in [3.8, 4) is 5.75 Å². The van der Waals surface area contributed by atoms with Gasteiger partial charge in [-0.25, -0.2) is 0 Å². The molecule has 0 radical (unpaired) electrons. The van der Waals surface area contributed by atoms with E-state index in [1.54, 1.807) is 53.4 Å². The summed E-state index contributed by atoms with van der Waals surface area (Å²) in [6.07, 6.45) is 1.87. The molecule has 0 aromatic heterocycles. The van der Waals surface area contributed by atoms with Crippen LogP contribution in [0.5, 0.6) is 5.75 Å². The fraction of sp³-hybridized carbons (Fsp3) is 0.344. The molecule has 228 valence electrons. The molecular formula is C32H35Cl3N4O4. The van der Waals surface area contributed by atoms with Gasteiger partial charge in [-0.3, -0.25) is 14.4 Å². The molecule has 1 saturated heterocycles. The van der Waals surface area contributed by atoms with Gasteiger partial charge in [0.15, 0.2) is 0 Å². The number of carbonyl (C=O) groups excluding carboxylic acids is 3. The molecule has 1 atom stereocenters. The number of methoxy groups -OCH3 is 1. The number of halogens is 3. The van der Waals surface area contributed by atoms with Gasteiger partial charge in [-0.15, -0.1) is 12.4 Å². The molecule has 0 saturated carbocycles. The van der Waals surface area contributed by atoms with Crippen LogP contribution in [0.1, 0.15) is 51.5 Å². The van der Waals surface area contributed by atoms with E-state index >= 15 is 0 Å². The van der Waals surface area contributed by atoms with Crippen molar-refractivity contribution in [2.75, 3.05) is 57.1 Å². The highest BCUT2D eigenvalue weighted by Gasteiger charge is 2.31. The molecule has 2 aliphatic heterocycles. The molecule has 3 amide bonds. The van der Waals surface area contributed by atoms with Crippen molar-refractivity contribution in [3.63, 3.8) is 0 Å². The molecule has 5 rings (SSSR count). The van der Waals surface area contributed by atoms with Gasteiger partial charge in [0, 0.05) is 61.6 Å². The molecule has 1 fully saturated rings. The summed E-state index contributed by atoms with van der Waals surface area (Å²) < 4.78 is 5.60. The van der Waals surface area contributed by atoms with Crippen LogP contribution in [0.2, 0.25) is 10.0 Å². The van der Waals surface area contributed by atoms with E-state index in [0.717, 1.165) is 50.3 Å². The first kappa shape index (κ1) is 32.6. The standard InChI is InChI=1S/C32H34Cl2N4O4.ClH/c1-36-14-16-37(17-15-36)30(39)18-21-6-5-13-38(28-12-9-22(33)19-26(21)28)32(41)25-11-10-23(20-29(25)42-2)35-31(40)24-7-3-4-8-27(24)34;/h3-4,7-12,19-21H,5-6,13-18H2,1-2H3,(H,35,40);1H. The summed E-state index contributed by atoms with van der Waals surface area (Å²) >= 11 is 12.6. The normalized spacial score (nSPS) is 16.9. The molecule has 2 aliphatic rings. The van der Waals surface area contributed by atoms with E-state index in [9.17, 15) is 14.4 Å². The van der Waals surface area contributed by atoms with Gasteiger partial charge in [-0.2, -0.15) is 0 Å². The maximum Gasteiger partial charge on any atom is 0.262 e. The number of piperazine rings is 1. The minimum Gasteiger partial charge on any atom is -0.496 e. The first-order valence-corrected chi connectivity index (χ1v) is 14.8. The third-order valence-corrected chi connectivity index (χ3v) is 8.55. The molecule has 1 N–H and O–H groups in total. The Bertz CT molecular complexity index is 1490. The van der Waals surface area contributed by atoms with Gasteiger partial charge < -0.3 is 24.8 Å². The Morgan fingerprint density at radius 1 is 0.930 bits per heavy atom. The zero-order valence-electron chi connectivity index (χ0n) is 24.1. The van der Waals surface area contributed by atoms with Crippen LogP contribution in [0.4, 0.5) is 11.4 Å². The lowest BCUT2D eigenvalue weighted by molar-refractivity contribution is -0.133. The van der Waals surface area contributed by atoms with Gasteiger partial charge in [0.2, 0.25) is 5.91 Å². The minimum atomic E-state index is -0.364. The van der Waals surface area contributed by atoms with Gasteiger partial charge in [-0.1, -0.05) is 35.3 Å². The maximum atomic E-state index is 14.0. The molecule has 11 heteroatoms. The number of nitrogens with zero attached hydrogens (tertiary/aromatic N) is 3. The van der Waals surface area contributed by atoms with Gasteiger partial charge >= 0.3 is 0 Å². The number of fused-ring (bicyclic) bond motifs is 1. The second kappa shape index (κ2) is 14.4. The van der Waals surface area contributed by atoms with E-state index in [1.165, 1.54) is 7.11 Å². The van der Waals surface area contributed by atoms with Gasteiger partial charge in [-0.05, 0) is 73.8 Å². The molecule has 0 bridgehead atoms. The zero-order chi connectivity index (χ0) is 29.8. The van der Waals surface area contributed by atoms with E-state index in [-0.39, 0.29) is 36.0 Å². The number of likely N-dealkylation sites (N-methyl/N-ethyl adjacent to an activating group) is 1. The van der Waals surface area contributed by atoms with Crippen LogP contribution in [0.15, 0.2) is 60.7 Å². The number of rotatable bonds is 6. The number of nitrogens with one attached hydrogen (secondary N) is 1. The van der Waals surface area contributed by atoms with Crippen LogP contribution in [0.25, 0.3) is 0 Å². The van der Waals surface area contributed by atoms with E-state index in [2.05, 4.69) is 17.3 Å². The Balaban J connectivity index is 0.00000423. The predicted molar refractivity (Wildman–Crippen MR) is 173 cm³/mol. The Kier molecular flexibility index (Phi) is 11.0. The van der Waals surface area contributed by atoms with Crippen LogP contribution in [0, 0.1) is 0 Å². The van der Waals surface area contributed by atoms with Crippen molar-refractivity contribution in [2.45, 2.75) is 25.2 Å². The molecule has 0 spiro atoms. The SMILES string of the molecule is COc1cc(NC(=O)c2ccccc2Cl)ccc1C(=O)N1CCCC(CC(=O)N2CCN(C)CC2)c2cc(Cl)ccc21.Cl. The first-order valence-electron chi connectivity index (χ1n) is 14.1. The van der Waals surface area contributed by atoms with Crippen LogP contribution in [-0.2, 0) is 4.79 Å². The summed E-state index contributed by atoms with van der Waals surface area (Å²) in [7, 11) is 3.55. The van der Waals surface area contributed by atoms with Crippen LogP contribution in [0.3, 0.4) is 0 Å². The highest BCUT2D eigenvalue weighted by atomic mass is 35.5. The number of anilines is 2. The van der Waals surface area contributed by atoms with Gasteiger partial charge in [0.25, 0.3) is 11.8 Å². The number of hydrogen-bond acceptors (Lipinski definition) is 5. The first-order chi connectivity index (χ1) is 20.2. The van der Waals surface area contributed by atoms with Crippen LogP contribution < -0.4 is 15.0 Å². The number of amides is 3. The highest BCUT2D eigenvalue weighted by Crippen LogP contribution is 2.40. The summed E-state index contributed by atoms with van der Waals surface area (Å²) in [5, 5.41) is 3.73. The topological polar surface area (TPSA) is 82.2 Å². The quantitative estimate of drug-likeness (QED) is 0.337. The van der Waals surface area contributed by atoms with E-state index < -0.39 is 0 Å². The fourth-order valence-electron chi connectivity index (χ4n) is 5.62. The van der Waals surface area contributed by atoms with Crippen molar-refractivity contribution >= 4 is 64.7 Å². The number of hydrogen-bond donors (Lipinski definition) is 1. The second-order valence-electron chi connectivity index (χ2n) is 10.7. The Morgan fingerprint density at radius 3 is 2.40 bits per heavy atom. The number of carbonyl (C=O) groups is 3. The summed E-state index contributed by atoms with van der Waals surface area (Å²) in [5.41, 5.74) is 2.83. The molecule has 0 aliphatic carbocycles. The monoisotopic (exact) mass is 644 g/mol. The molecule has 8 nitrogen and oxygen atoms in total. The Hall–Kier alpha value is -3.30. The van der Waals surface area contributed by atoms with Crippen LogP contribution in [-0.4, -0.2) is 74.4 Å². The molecule has 1 unspecified atom stereocenters. The third kappa shape index (κ3) is 7.44. The van der Waals surface area contributed by atoms with Crippen molar-refractivity contribution in [2.24, 2.45) is 0 Å². The molecule has 2 heterocycles. The lowest BCUT2D eigenvalue weighted by Gasteiger charge is -2.33. The lowest BCUT2D eigenvalue weighted by Crippen LogP contribution is -2.47. The van der Waals surface area contributed by atoms with Crippen molar-refractivity contribution in [1.82, 2.24) is 9.80 Å². The maximum absolute atomic E-state index is 14.0. The second-order valence-corrected chi connectivity index (χ2v) is 11.6. The fourth-order valence-corrected chi connectivity index (χ4v) is 6.03. The summed E-state index contributed by atoms with van der Waals surface area (Å²) in [6, 6.07) is 17.2. The van der Waals surface area contributed by atoms with Gasteiger partial charge in [0.1, 0.15) is 5.75 Å². The van der Waals surface area contributed by atoms with Crippen molar-refractivity contribution in [1.29, 1.82) is 0 Å². The predicted octanol–water partition coefficient (Wildman–Crippen LogP) is 6.36. The largest absolute Gasteiger partial charge is 0.496 e. The Morgan fingerprint density at radius 2 is 1.67 bits per heavy atom. The van der Waals surface area contributed by atoms with Crippen LogP contribution >= 0.6 is 35.6 Å². The summed E-state index contributed by atoms with van der Waals surface area (Å²) in [5.74, 6) is -0.177. The average molecular weight is 646 g/mol. The summed E-state index contributed by atoms with van der Waals surface area (Å²) in [4.78, 5) is 46.0. The minimum absolute atomic E-state index is 0. The van der Waals surface area contributed by atoms with E-state index in [4.69, 9.17) is 27.9 Å². The third-order valence-electron chi connectivity index (χ3n) is 7.98. The smallest absolute Gasteiger partial charge is 0.262 e. The van der Waals surface area contributed by atoms with E-state index in [0.29, 0.717) is 45.6 Å². The molecular weight excluding hydrogens is 611 g/mol. The number of ether oxygens (including phenoxy) is 1. The molecule has 43 heavy (non-hydrogen) atoms. The number of benzene rings is 3. The zero-order valence-corrected chi connectivity index (χ0v) is 26.5. The average Bonchev–Trinajstić information content (AvgIpc) is 3.16. The Labute approximate surface area is 268 Å². The van der Waals surface area contributed by atoms with Gasteiger partial charge in [0.05, 0.1) is 23.3 Å². The highest BCUT2D eigenvalue weighted by molar-refractivity contribution is 6.34. The molecule has 3 aromatic rings. The van der Waals surface area contributed by atoms with E-state index in [1.807, 2.05) is 17.0 Å².